The fraction of sp³-hybridized carbons (Fsp3) is 0.0769. The SMILES string of the molecule is Oc1ccc(Cl)cc1CNc1c(F)cccc1F. The van der Waals surface area contributed by atoms with E-state index in [1.165, 1.54) is 24.3 Å². The molecule has 0 aliphatic rings. The molecule has 0 aliphatic carbocycles. The average Bonchev–Trinajstić information content (AvgIpc) is 2.33. The first kappa shape index (κ1) is 12.6. The van der Waals surface area contributed by atoms with Crippen LogP contribution < -0.4 is 5.32 Å². The van der Waals surface area contributed by atoms with Gasteiger partial charge in [-0.15, -0.1) is 0 Å². The van der Waals surface area contributed by atoms with Crippen LogP contribution in [0.15, 0.2) is 36.4 Å². The van der Waals surface area contributed by atoms with Gasteiger partial charge in [0.2, 0.25) is 0 Å². The second kappa shape index (κ2) is 5.23. The quantitative estimate of drug-likeness (QED) is 0.885. The van der Waals surface area contributed by atoms with Gasteiger partial charge >= 0.3 is 0 Å². The first-order chi connectivity index (χ1) is 8.58. The van der Waals surface area contributed by atoms with Crippen molar-refractivity contribution >= 4 is 17.3 Å². The lowest BCUT2D eigenvalue weighted by Crippen LogP contribution is -2.04. The molecule has 2 rings (SSSR count). The van der Waals surface area contributed by atoms with Gasteiger partial charge in [-0.2, -0.15) is 0 Å². The third-order valence-electron chi connectivity index (χ3n) is 2.46. The molecular formula is C13H10ClF2NO. The van der Waals surface area contributed by atoms with Crippen LogP contribution in [0.1, 0.15) is 5.56 Å². The number of para-hydroxylation sites is 1. The van der Waals surface area contributed by atoms with Crippen molar-refractivity contribution in [3.05, 3.63) is 58.6 Å². The number of phenolic OH excluding ortho intramolecular Hbond substituents is 1. The summed E-state index contributed by atoms with van der Waals surface area (Å²) in [6.45, 7) is 0.0737. The molecule has 0 spiro atoms. The van der Waals surface area contributed by atoms with E-state index >= 15 is 0 Å². The Morgan fingerprint density at radius 2 is 1.78 bits per heavy atom. The van der Waals surface area contributed by atoms with E-state index in [1.54, 1.807) is 0 Å². The molecular weight excluding hydrogens is 260 g/mol. The van der Waals surface area contributed by atoms with Crippen LogP contribution in [0.2, 0.25) is 5.02 Å². The summed E-state index contributed by atoms with van der Waals surface area (Å²) in [6.07, 6.45) is 0. The number of rotatable bonds is 3. The van der Waals surface area contributed by atoms with Gasteiger partial charge in [-0.25, -0.2) is 8.78 Å². The maximum Gasteiger partial charge on any atom is 0.149 e. The third kappa shape index (κ3) is 2.71. The predicted molar refractivity (Wildman–Crippen MR) is 66.8 cm³/mol. The number of benzene rings is 2. The topological polar surface area (TPSA) is 32.3 Å². The Morgan fingerprint density at radius 3 is 2.44 bits per heavy atom. The average molecular weight is 270 g/mol. The number of halogens is 3. The van der Waals surface area contributed by atoms with E-state index in [0.717, 1.165) is 12.1 Å². The molecule has 2 nitrogen and oxygen atoms in total. The molecule has 18 heavy (non-hydrogen) atoms. The number of hydrogen-bond donors (Lipinski definition) is 2. The van der Waals surface area contributed by atoms with Gasteiger partial charge in [0, 0.05) is 17.1 Å². The lowest BCUT2D eigenvalue weighted by atomic mass is 10.2. The molecule has 0 amide bonds. The zero-order valence-electron chi connectivity index (χ0n) is 9.25. The fourth-order valence-corrected chi connectivity index (χ4v) is 1.74. The molecule has 0 aliphatic heterocycles. The first-order valence-electron chi connectivity index (χ1n) is 5.23. The standard InChI is InChI=1S/C13H10ClF2NO/c14-9-4-5-12(18)8(6-9)7-17-13-10(15)2-1-3-11(13)16/h1-6,17-18H,7H2. The van der Waals surface area contributed by atoms with Crippen molar-refractivity contribution in [1.29, 1.82) is 0 Å². The van der Waals surface area contributed by atoms with E-state index in [9.17, 15) is 13.9 Å². The molecule has 2 N–H and O–H groups in total. The summed E-state index contributed by atoms with van der Waals surface area (Å²) < 4.78 is 26.7. The second-order valence-electron chi connectivity index (χ2n) is 3.72. The van der Waals surface area contributed by atoms with E-state index in [2.05, 4.69) is 5.32 Å². The van der Waals surface area contributed by atoms with Crippen molar-refractivity contribution in [1.82, 2.24) is 0 Å². The van der Waals surface area contributed by atoms with Crippen LogP contribution >= 0.6 is 11.6 Å². The molecule has 0 saturated carbocycles. The third-order valence-corrected chi connectivity index (χ3v) is 2.70. The highest BCUT2D eigenvalue weighted by molar-refractivity contribution is 6.30. The van der Waals surface area contributed by atoms with Crippen LogP contribution in [0.5, 0.6) is 5.75 Å². The summed E-state index contributed by atoms with van der Waals surface area (Å²) in [5, 5.41) is 12.6. The molecule has 0 saturated heterocycles. The highest BCUT2D eigenvalue weighted by atomic mass is 35.5. The van der Waals surface area contributed by atoms with Crippen LogP contribution in [0, 0.1) is 11.6 Å². The second-order valence-corrected chi connectivity index (χ2v) is 4.16. The Bertz CT molecular complexity index is 555. The minimum absolute atomic E-state index is 0.0173. The van der Waals surface area contributed by atoms with Crippen molar-refractivity contribution in [2.24, 2.45) is 0 Å². The summed E-state index contributed by atoms with van der Waals surface area (Å²) in [5.74, 6) is -1.35. The van der Waals surface area contributed by atoms with Gasteiger partial charge in [0.25, 0.3) is 0 Å². The summed E-state index contributed by atoms with van der Waals surface area (Å²) >= 11 is 5.77. The monoisotopic (exact) mass is 269 g/mol. The number of hydrogen-bond acceptors (Lipinski definition) is 2. The Kier molecular flexibility index (Phi) is 3.67. The normalized spacial score (nSPS) is 10.4. The van der Waals surface area contributed by atoms with Crippen LogP contribution in [0.3, 0.4) is 0 Å². The van der Waals surface area contributed by atoms with E-state index in [4.69, 9.17) is 11.6 Å². The Hall–Kier alpha value is -1.81. The smallest absolute Gasteiger partial charge is 0.149 e. The molecule has 5 heteroatoms. The van der Waals surface area contributed by atoms with Gasteiger partial charge in [-0.1, -0.05) is 17.7 Å². The highest BCUT2D eigenvalue weighted by Gasteiger charge is 2.09. The molecule has 2 aromatic rings. The maximum atomic E-state index is 13.3. The molecule has 0 unspecified atom stereocenters. The molecule has 0 heterocycles. The first-order valence-corrected chi connectivity index (χ1v) is 5.61. The number of aromatic hydroxyl groups is 1. The molecule has 0 aromatic heterocycles. The van der Waals surface area contributed by atoms with Crippen molar-refractivity contribution in [3.8, 4) is 5.75 Å². The summed E-state index contributed by atoms with van der Waals surface area (Å²) in [4.78, 5) is 0. The molecule has 94 valence electrons. The minimum Gasteiger partial charge on any atom is -0.508 e. The van der Waals surface area contributed by atoms with Crippen LogP contribution in [0.25, 0.3) is 0 Å². The highest BCUT2D eigenvalue weighted by Crippen LogP contribution is 2.24. The number of nitrogens with one attached hydrogen (secondary N) is 1. The predicted octanol–water partition coefficient (Wildman–Crippen LogP) is 3.94. The van der Waals surface area contributed by atoms with Crippen LogP contribution in [-0.4, -0.2) is 5.11 Å². The van der Waals surface area contributed by atoms with E-state index in [-0.39, 0.29) is 18.0 Å². The Labute approximate surface area is 108 Å². The van der Waals surface area contributed by atoms with Crippen LogP contribution in [0.4, 0.5) is 14.5 Å². The van der Waals surface area contributed by atoms with Gasteiger partial charge in [-0.3, -0.25) is 0 Å². The largest absolute Gasteiger partial charge is 0.508 e. The Balaban J connectivity index is 2.19. The van der Waals surface area contributed by atoms with E-state index < -0.39 is 11.6 Å². The lowest BCUT2D eigenvalue weighted by Gasteiger charge is -2.10. The van der Waals surface area contributed by atoms with E-state index in [0.29, 0.717) is 10.6 Å². The van der Waals surface area contributed by atoms with Gasteiger partial charge in [0.1, 0.15) is 23.1 Å². The van der Waals surface area contributed by atoms with Crippen molar-refractivity contribution in [2.45, 2.75) is 6.54 Å². The van der Waals surface area contributed by atoms with E-state index in [1.807, 2.05) is 0 Å². The van der Waals surface area contributed by atoms with Crippen molar-refractivity contribution < 1.29 is 13.9 Å². The Morgan fingerprint density at radius 1 is 1.11 bits per heavy atom. The molecule has 0 fully saturated rings. The number of anilines is 1. The molecule has 0 radical (unpaired) electrons. The summed E-state index contributed by atoms with van der Waals surface area (Å²) in [7, 11) is 0. The van der Waals surface area contributed by atoms with Crippen LogP contribution in [-0.2, 0) is 6.54 Å². The van der Waals surface area contributed by atoms with Crippen molar-refractivity contribution in [3.63, 3.8) is 0 Å². The fourth-order valence-electron chi connectivity index (χ4n) is 1.55. The lowest BCUT2D eigenvalue weighted by molar-refractivity contribution is 0.469. The van der Waals surface area contributed by atoms with Gasteiger partial charge in [0.15, 0.2) is 0 Å². The van der Waals surface area contributed by atoms with Gasteiger partial charge in [-0.05, 0) is 30.3 Å². The summed E-state index contributed by atoms with van der Waals surface area (Å²) in [6, 6.07) is 8.09. The van der Waals surface area contributed by atoms with Crippen molar-refractivity contribution in [2.75, 3.05) is 5.32 Å². The van der Waals surface area contributed by atoms with Gasteiger partial charge in [0.05, 0.1) is 0 Å². The number of phenols is 1. The zero-order chi connectivity index (χ0) is 13.1. The van der Waals surface area contributed by atoms with Gasteiger partial charge < -0.3 is 10.4 Å². The maximum absolute atomic E-state index is 13.3. The molecule has 0 bridgehead atoms. The minimum atomic E-state index is -0.684. The molecule has 2 aromatic carbocycles. The summed E-state index contributed by atoms with van der Waals surface area (Å²) in [5.41, 5.74) is 0.238. The zero-order valence-corrected chi connectivity index (χ0v) is 10.0. The molecule has 0 atom stereocenters.